The highest BCUT2D eigenvalue weighted by atomic mass is 127. The summed E-state index contributed by atoms with van der Waals surface area (Å²) in [6.45, 7) is 4.23. The highest BCUT2D eigenvalue weighted by molar-refractivity contribution is 14.1. The minimum Gasteiger partial charge on any atom is -0.142 e. The first-order valence-corrected chi connectivity index (χ1v) is 5.02. The molecule has 11 heavy (non-hydrogen) atoms. The third-order valence-electron chi connectivity index (χ3n) is 1.93. The lowest BCUT2D eigenvalue weighted by Gasteiger charge is -2.08. The zero-order valence-corrected chi connectivity index (χ0v) is 9.95. The van der Waals surface area contributed by atoms with Crippen molar-refractivity contribution >= 4 is 48.5 Å². The predicted octanol–water partition coefficient (Wildman–Crippen LogP) is 1.46. The van der Waals surface area contributed by atoms with Crippen LogP contribution in [0.25, 0.3) is 0 Å². The van der Waals surface area contributed by atoms with E-state index in [0.717, 1.165) is 4.90 Å². The van der Waals surface area contributed by atoms with Crippen molar-refractivity contribution in [2.75, 3.05) is 0 Å². The molecule has 0 fully saturated rings. The van der Waals surface area contributed by atoms with Crippen molar-refractivity contribution in [2.24, 2.45) is 0 Å². The van der Waals surface area contributed by atoms with Gasteiger partial charge in [-0.15, -0.1) is 12.6 Å². The SMILES string of the molecule is Bc1cc(C)c(C)c(S)c1I. The molecule has 0 aliphatic carbocycles. The third-order valence-corrected chi connectivity index (χ3v) is 4.31. The van der Waals surface area contributed by atoms with E-state index < -0.39 is 0 Å². The van der Waals surface area contributed by atoms with Crippen molar-refractivity contribution in [3.8, 4) is 0 Å². The molecule has 0 aliphatic rings. The Morgan fingerprint density at radius 1 is 1.45 bits per heavy atom. The van der Waals surface area contributed by atoms with Crippen molar-refractivity contribution in [1.82, 2.24) is 0 Å². The van der Waals surface area contributed by atoms with Crippen LogP contribution in [0.5, 0.6) is 0 Å². The largest absolute Gasteiger partial charge is 0.142 e. The minimum atomic E-state index is 1.13. The summed E-state index contributed by atoms with van der Waals surface area (Å²) < 4.78 is 1.27. The van der Waals surface area contributed by atoms with Gasteiger partial charge in [-0.3, -0.25) is 0 Å². The molecule has 1 rings (SSSR count). The van der Waals surface area contributed by atoms with Crippen LogP contribution < -0.4 is 5.46 Å². The van der Waals surface area contributed by atoms with E-state index in [4.69, 9.17) is 0 Å². The molecule has 0 aliphatic heterocycles. The van der Waals surface area contributed by atoms with E-state index >= 15 is 0 Å². The third kappa shape index (κ3) is 1.75. The molecule has 0 unspecified atom stereocenters. The van der Waals surface area contributed by atoms with Crippen LogP contribution in [0.4, 0.5) is 0 Å². The first kappa shape index (κ1) is 9.45. The minimum absolute atomic E-state index is 1.13. The number of aryl methyl sites for hydroxylation is 1. The Morgan fingerprint density at radius 3 is 2.55 bits per heavy atom. The normalized spacial score (nSPS) is 10.2. The summed E-state index contributed by atoms with van der Waals surface area (Å²) in [6.07, 6.45) is 0. The molecule has 1 aromatic carbocycles. The average Bonchev–Trinajstić information content (AvgIpc) is 1.97. The van der Waals surface area contributed by atoms with Crippen molar-refractivity contribution in [1.29, 1.82) is 0 Å². The summed E-state index contributed by atoms with van der Waals surface area (Å²) in [4.78, 5) is 1.13. The first-order valence-electron chi connectivity index (χ1n) is 3.49. The van der Waals surface area contributed by atoms with Crippen LogP contribution in [-0.4, -0.2) is 7.85 Å². The molecular weight excluding hydrogens is 266 g/mol. The Morgan fingerprint density at radius 2 is 2.00 bits per heavy atom. The summed E-state index contributed by atoms with van der Waals surface area (Å²) >= 11 is 6.78. The van der Waals surface area contributed by atoms with Gasteiger partial charge in [-0.2, -0.15) is 0 Å². The van der Waals surface area contributed by atoms with E-state index in [0.29, 0.717) is 0 Å². The Bertz CT molecular complexity index is 270. The Balaban J connectivity index is 3.46. The van der Waals surface area contributed by atoms with Crippen molar-refractivity contribution in [3.63, 3.8) is 0 Å². The number of benzene rings is 1. The highest BCUT2D eigenvalue weighted by Gasteiger charge is 2.04. The molecule has 0 heterocycles. The van der Waals surface area contributed by atoms with Crippen LogP contribution in [0.1, 0.15) is 11.1 Å². The predicted molar refractivity (Wildman–Crippen MR) is 64.1 cm³/mol. The summed E-state index contributed by atoms with van der Waals surface area (Å²) in [5.41, 5.74) is 3.94. The molecule has 1 aromatic rings. The Labute approximate surface area is 87.7 Å². The molecule has 0 radical (unpaired) electrons. The smallest absolute Gasteiger partial charge is 0.140 e. The number of halogens is 1. The van der Waals surface area contributed by atoms with Crippen LogP contribution in [-0.2, 0) is 0 Å². The lowest BCUT2D eigenvalue weighted by Crippen LogP contribution is -2.10. The van der Waals surface area contributed by atoms with Gasteiger partial charge in [0.25, 0.3) is 0 Å². The Kier molecular flexibility index (Phi) is 2.92. The number of thiol groups is 1. The first-order chi connectivity index (χ1) is 5.04. The molecular formula is C8H10BIS. The van der Waals surface area contributed by atoms with E-state index in [9.17, 15) is 0 Å². The molecule has 0 N–H and O–H groups in total. The van der Waals surface area contributed by atoms with E-state index in [1.165, 1.54) is 20.2 Å². The molecule has 0 aromatic heterocycles. The quantitative estimate of drug-likeness (QED) is 0.414. The van der Waals surface area contributed by atoms with Crippen molar-refractivity contribution < 1.29 is 0 Å². The summed E-state index contributed by atoms with van der Waals surface area (Å²) in [6, 6.07) is 2.21. The number of hydrogen-bond acceptors (Lipinski definition) is 1. The van der Waals surface area contributed by atoms with Crippen LogP contribution in [0, 0.1) is 17.4 Å². The molecule has 3 heteroatoms. The van der Waals surface area contributed by atoms with Gasteiger partial charge in [-0.05, 0) is 47.6 Å². The van der Waals surface area contributed by atoms with Gasteiger partial charge in [-0.1, -0.05) is 11.5 Å². The zero-order valence-electron chi connectivity index (χ0n) is 6.90. The maximum absolute atomic E-state index is 4.44. The van der Waals surface area contributed by atoms with Gasteiger partial charge in [-0.25, -0.2) is 0 Å². The zero-order chi connectivity index (χ0) is 8.59. The fourth-order valence-electron chi connectivity index (χ4n) is 1.03. The topological polar surface area (TPSA) is 0 Å². The van der Waals surface area contributed by atoms with Crippen molar-refractivity contribution in [2.45, 2.75) is 18.7 Å². The molecule has 0 nitrogen and oxygen atoms in total. The molecule has 0 spiro atoms. The summed E-state index contributed by atoms with van der Waals surface area (Å²) in [5, 5.41) is 0. The highest BCUT2D eigenvalue weighted by Crippen LogP contribution is 2.20. The second kappa shape index (κ2) is 3.39. The summed E-state index contributed by atoms with van der Waals surface area (Å²) in [7, 11) is 2.12. The fraction of sp³-hybridized carbons (Fsp3) is 0.250. The maximum atomic E-state index is 4.44. The van der Waals surface area contributed by atoms with Crippen molar-refractivity contribution in [3.05, 3.63) is 20.8 Å². The second-order valence-electron chi connectivity index (χ2n) is 2.80. The van der Waals surface area contributed by atoms with Gasteiger partial charge in [0.05, 0.1) is 0 Å². The molecule has 0 atom stereocenters. The molecule has 0 amide bonds. The number of rotatable bonds is 0. The number of hydrogen-bond donors (Lipinski definition) is 1. The van der Waals surface area contributed by atoms with Gasteiger partial charge in [0.15, 0.2) is 0 Å². The maximum Gasteiger partial charge on any atom is 0.140 e. The van der Waals surface area contributed by atoms with E-state index in [2.05, 4.69) is 63.0 Å². The standard InChI is InChI=1S/C8H10BIS/c1-4-3-6(9)7(10)8(11)5(4)2/h3,11H,9H2,1-2H3. The van der Waals surface area contributed by atoms with Gasteiger partial charge >= 0.3 is 0 Å². The van der Waals surface area contributed by atoms with Gasteiger partial charge in [0, 0.05) is 8.47 Å². The van der Waals surface area contributed by atoms with E-state index in [1.807, 2.05) is 0 Å². The van der Waals surface area contributed by atoms with Gasteiger partial charge < -0.3 is 0 Å². The average molecular weight is 276 g/mol. The second-order valence-corrected chi connectivity index (χ2v) is 4.32. The fourth-order valence-corrected chi connectivity index (χ4v) is 1.95. The van der Waals surface area contributed by atoms with Crippen LogP contribution in [0.3, 0.4) is 0 Å². The van der Waals surface area contributed by atoms with Crippen LogP contribution in [0.15, 0.2) is 11.0 Å². The molecule has 0 saturated carbocycles. The van der Waals surface area contributed by atoms with Crippen LogP contribution in [0.2, 0.25) is 0 Å². The van der Waals surface area contributed by atoms with E-state index in [1.54, 1.807) is 0 Å². The van der Waals surface area contributed by atoms with Crippen LogP contribution >= 0.6 is 35.2 Å². The molecule has 0 bridgehead atoms. The Hall–Kier alpha value is 0.365. The van der Waals surface area contributed by atoms with Gasteiger partial charge in [0.1, 0.15) is 7.85 Å². The lowest BCUT2D eigenvalue weighted by atomic mass is 9.93. The molecule has 0 saturated heterocycles. The van der Waals surface area contributed by atoms with E-state index in [-0.39, 0.29) is 0 Å². The monoisotopic (exact) mass is 276 g/mol. The van der Waals surface area contributed by atoms with Gasteiger partial charge in [0.2, 0.25) is 0 Å². The molecule has 58 valence electrons. The summed E-state index contributed by atoms with van der Waals surface area (Å²) in [5.74, 6) is 0. The lowest BCUT2D eigenvalue weighted by molar-refractivity contribution is 1.23.